The van der Waals surface area contributed by atoms with Crippen molar-refractivity contribution in [1.29, 1.82) is 0 Å². The van der Waals surface area contributed by atoms with E-state index in [1.165, 1.54) is 18.4 Å². The molecule has 1 atom stereocenters. The Kier molecular flexibility index (Phi) is 5.28. The zero-order chi connectivity index (χ0) is 16.3. The predicted molar refractivity (Wildman–Crippen MR) is 90.0 cm³/mol. The van der Waals surface area contributed by atoms with E-state index in [9.17, 15) is 9.90 Å². The summed E-state index contributed by atoms with van der Waals surface area (Å²) < 4.78 is 0. The van der Waals surface area contributed by atoms with Crippen molar-refractivity contribution in [3.8, 4) is 0 Å². The van der Waals surface area contributed by atoms with E-state index >= 15 is 0 Å². The highest BCUT2D eigenvalue weighted by atomic mass is 16.4. The largest absolute Gasteiger partial charge is 0.481 e. The molecule has 0 bridgehead atoms. The van der Waals surface area contributed by atoms with Crippen LogP contribution in [0.1, 0.15) is 69.4 Å². The van der Waals surface area contributed by atoms with Crippen LogP contribution in [-0.2, 0) is 4.79 Å². The molecule has 0 spiro atoms. The van der Waals surface area contributed by atoms with Gasteiger partial charge in [0.15, 0.2) is 0 Å². The molecule has 3 N–H and O–H groups in total. The van der Waals surface area contributed by atoms with E-state index in [1.54, 1.807) is 0 Å². The summed E-state index contributed by atoms with van der Waals surface area (Å²) in [5.41, 5.74) is 8.18. The Morgan fingerprint density at radius 1 is 1.23 bits per heavy atom. The van der Waals surface area contributed by atoms with Gasteiger partial charge in [-0.2, -0.15) is 0 Å². The highest BCUT2D eigenvalue weighted by Gasteiger charge is 2.32. The number of rotatable bonds is 4. The molecule has 1 aliphatic carbocycles. The Balaban J connectivity index is 2.19. The van der Waals surface area contributed by atoms with E-state index in [0.29, 0.717) is 11.3 Å². The van der Waals surface area contributed by atoms with Gasteiger partial charge in [-0.3, -0.25) is 4.79 Å². The van der Waals surface area contributed by atoms with Crippen molar-refractivity contribution < 1.29 is 9.90 Å². The lowest BCUT2D eigenvalue weighted by molar-refractivity contribution is -0.138. The average molecular weight is 303 g/mol. The second-order valence-corrected chi connectivity index (χ2v) is 7.67. The minimum Gasteiger partial charge on any atom is -0.481 e. The van der Waals surface area contributed by atoms with Crippen molar-refractivity contribution in [2.45, 2.75) is 58.3 Å². The van der Waals surface area contributed by atoms with Gasteiger partial charge in [0.1, 0.15) is 0 Å². The van der Waals surface area contributed by atoms with Crippen LogP contribution < -0.4 is 5.73 Å². The molecule has 0 aliphatic heterocycles. The van der Waals surface area contributed by atoms with Crippen molar-refractivity contribution in [2.24, 2.45) is 17.1 Å². The molecule has 1 fully saturated rings. The van der Waals surface area contributed by atoms with Crippen molar-refractivity contribution >= 4 is 5.97 Å². The maximum Gasteiger partial charge on any atom is 0.312 e. The van der Waals surface area contributed by atoms with Gasteiger partial charge < -0.3 is 10.8 Å². The quantitative estimate of drug-likeness (QED) is 0.879. The summed E-state index contributed by atoms with van der Waals surface area (Å²) in [7, 11) is 0. The lowest BCUT2D eigenvalue weighted by atomic mass is 9.68. The molecule has 2 rings (SSSR count). The van der Waals surface area contributed by atoms with E-state index in [2.05, 4.69) is 26.8 Å². The molecule has 1 aliphatic rings. The minimum atomic E-state index is -0.821. The molecule has 3 heteroatoms. The lowest BCUT2D eigenvalue weighted by Gasteiger charge is -2.37. The Morgan fingerprint density at radius 3 is 2.32 bits per heavy atom. The van der Waals surface area contributed by atoms with Gasteiger partial charge >= 0.3 is 5.97 Å². The van der Waals surface area contributed by atoms with Crippen molar-refractivity contribution in [1.82, 2.24) is 0 Å². The second kappa shape index (κ2) is 6.82. The fourth-order valence-electron chi connectivity index (χ4n) is 3.83. The van der Waals surface area contributed by atoms with Crippen LogP contribution in [0.2, 0.25) is 0 Å². The Morgan fingerprint density at radius 2 is 1.82 bits per heavy atom. The van der Waals surface area contributed by atoms with E-state index in [0.717, 1.165) is 24.3 Å². The molecular formula is C19H29NO2. The van der Waals surface area contributed by atoms with Gasteiger partial charge in [0.25, 0.3) is 0 Å². The molecular weight excluding hydrogens is 274 g/mol. The van der Waals surface area contributed by atoms with Crippen LogP contribution in [0.25, 0.3) is 0 Å². The molecule has 3 nitrogen and oxygen atoms in total. The van der Waals surface area contributed by atoms with E-state index < -0.39 is 11.9 Å². The van der Waals surface area contributed by atoms with Crippen LogP contribution in [-0.4, -0.2) is 17.6 Å². The predicted octanol–water partition coefficient (Wildman–Crippen LogP) is 4.13. The van der Waals surface area contributed by atoms with Gasteiger partial charge in [0, 0.05) is 6.54 Å². The fraction of sp³-hybridized carbons (Fsp3) is 0.632. The number of carboxylic acids is 1. The number of carboxylic acid groups (broad SMARTS) is 1. The van der Waals surface area contributed by atoms with Crippen LogP contribution in [0.3, 0.4) is 0 Å². The molecule has 0 radical (unpaired) electrons. The Bertz CT molecular complexity index is 510. The summed E-state index contributed by atoms with van der Waals surface area (Å²) in [6.45, 7) is 7.12. The van der Waals surface area contributed by atoms with Gasteiger partial charge in [0.2, 0.25) is 0 Å². The van der Waals surface area contributed by atoms with Gasteiger partial charge in [-0.15, -0.1) is 0 Å². The van der Waals surface area contributed by atoms with Crippen LogP contribution >= 0.6 is 0 Å². The highest BCUT2D eigenvalue weighted by Crippen LogP contribution is 2.44. The third-order valence-electron chi connectivity index (χ3n) is 5.30. The summed E-state index contributed by atoms with van der Waals surface area (Å²) in [5, 5.41) is 9.42. The molecule has 0 heterocycles. The van der Waals surface area contributed by atoms with E-state index in [-0.39, 0.29) is 6.54 Å². The molecule has 122 valence electrons. The molecule has 0 amide bonds. The molecule has 22 heavy (non-hydrogen) atoms. The van der Waals surface area contributed by atoms with Gasteiger partial charge in [-0.1, -0.05) is 45.0 Å². The van der Waals surface area contributed by atoms with Crippen LogP contribution in [0.4, 0.5) is 0 Å². The highest BCUT2D eigenvalue weighted by molar-refractivity contribution is 5.77. The summed E-state index contributed by atoms with van der Waals surface area (Å²) >= 11 is 0. The minimum absolute atomic E-state index is 0.156. The SMILES string of the molecule is CC(C)(C)C1CCC(c2ccccc2C(CN)C(=O)O)CC1. The topological polar surface area (TPSA) is 63.3 Å². The first kappa shape index (κ1) is 17.0. The number of hydrogen-bond donors (Lipinski definition) is 2. The molecule has 1 aromatic rings. The zero-order valence-electron chi connectivity index (χ0n) is 14.0. The fourth-order valence-corrected chi connectivity index (χ4v) is 3.83. The average Bonchev–Trinajstić information content (AvgIpc) is 2.47. The van der Waals surface area contributed by atoms with Crippen LogP contribution in [0.15, 0.2) is 24.3 Å². The number of nitrogens with two attached hydrogens (primary N) is 1. The molecule has 1 unspecified atom stereocenters. The van der Waals surface area contributed by atoms with Gasteiger partial charge in [-0.05, 0) is 54.1 Å². The first-order valence-corrected chi connectivity index (χ1v) is 8.36. The third-order valence-corrected chi connectivity index (χ3v) is 5.30. The maximum absolute atomic E-state index is 11.5. The van der Waals surface area contributed by atoms with Gasteiger partial charge in [-0.25, -0.2) is 0 Å². The normalized spacial score (nSPS) is 24.0. The third kappa shape index (κ3) is 3.70. The smallest absolute Gasteiger partial charge is 0.312 e. The first-order chi connectivity index (χ1) is 10.3. The standard InChI is InChI=1S/C19H29NO2/c1-19(2,3)14-10-8-13(9-11-14)15-6-4-5-7-16(15)17(12-20)18(21)22/h4-7,13-14,17H,8-12,20H2,1-3H3,(H,21,22). The van der Waals surface area contributed by atoms with E-state index in [1.807, 2.05) is 18.2 Å². The van der Waals surface area contributed by atoms with Crippen LogP contribution in [0.5, 0.6) is 0 Å². The summed E-state index contributed by atoms with van der Waals surface area (Å²) in [6, 6.07) is 7.98. The number of benzene rings is 1. The molecule has 0 aromatic heterocycles. The molecule has 0 saturated heterocycles. The van der Waals surface area contributed by atoms with Crippen molar-refractivity contribution in [2.75, 3.05) is 6.54 Å². The van der Waals surface area contributed by atoms with Crippen LogP contribution in [0, 0.1) is 11.3 Å². The first-order valence-electron chi connectivity index (χ1n) is 8.36. The monoisotopic (exact) mass is 303 g/mol. The number of aliphatic carboxylic acids is 1. The summed E-state index contributed by atoms with van der Waals surface area (Å²) in [4.78, 5) is 11.5. The number of hydrogen-bond acceptors (Lipinski definition) is 2. The summed E-state index contributed by atoms with van der Waals surface area (Å²) in [6.07, 6.45) is 4.75. The van der Waals surface area contributed by atoms with Crippen molar-refractivity contribution in [3.05, 3.63) is 35.4 Å². The lowest BCUT2D eigenvalue weighted by Crippen LogP contribution is -2.27. The van der Waals surface area contributed by atoms with Crippen molar-refractivity contribution in [3.63, 3.8) is 0 Å². The maximum atomic E-state index is 11.5. The zero-order valence-corrected chi connectivity index (χ0v) is 14.0. The molecule has 1 saturated carbocycles. The second-order valence-electron chi connectivity index (χ2n) is 7.67. The van der Waals surface area contributed by atoms with Gasteiger partial charge in [0.05, 0.1) is 5.92 Å². The number of carbonyl (C=O) groups is 1. The molecule has 1 aromatic carbocycles. The Labute approximate surface area is 133 Å². The Hall–Kier alpha value is -1.35. The van der Waals surface area contributed by atoms with E-state index in [4.69, 9.17) is 5.73 Å². The summed E-state index contributed by atoms with van der Waals surface area (Å²) in [5.74, 6) is -0.168.